The average Bonchev–Trinajstić information content (AvgIpc) is 2.78. The molecule has 0 saturated carbocycles. The van der Waals surface area contributed by atoms with Crippen molar-refractivity contribution in [1.29, 1.82) is 0 Å². The fourth-order valence-corrected chi connectivity index (χ4v) is 2.37. The Morgan fingerprint density at radius 3 is 2.59 bits per heavy atom. The molecule has 1 aromatic carbocycles. The van der Waals surface area contributed by atoms with Crippen LogP contribution in [-0.2, 0) is 4.79 Å². The van der Waals surface area contributed by atoms with Crippen molar-refractivity contribution in [2.45, 2.75) is 26.2 Å². The normalized spacial score (nSPS) is 18.9. The Morgan fingerprint density at radius 1 is 1.24 bits per heavy atom. The van der Waals surface area contributed by atoms with E-state index in [4.69, 9.17) is 0 Å². The minimum Gasteiger partial charge on any atom is -0.295 e. The van der Waals surface area contributed by atoms with Crippen molar-refractivity contribution in [3.63, 3.8) is 0 Å². The Hall–Kier alpha value is -1.70. The predicted molar refractivity (Wildman–Crippen MR) is 66.9 cm³/mol. The van der Waals surface area contributed by atoms with Crippen molar-refractivity contribution in [2.75, 3.05) is 0 Å². The highest BCUT2D eigenvalue weighted by molar-refractivity contribution is 5.99. The van der Waals surface area contributed by atoms with Crippen molar-refractivity contribution in [1.82, 2.24) is 0 Å². The van der Waals surface area contributed by atoms with E-state index in [2.05, 4.69) is 0 Å². The monoisotopic (exact) mass is 228 g/mol. The molecule has 0 aromatic heterocycles. The van der Waals surface area contributed by atoms with Gasteiger partial charge in [-0.1, -0.05) is 36.4 Å². The Balaban J connectivity index is 2.05. The first-order valence-corrected chi connectivity index (χ1v) is 5.97. The van der Waals surface area contributed by atoms with Crippen LogP contribution < -0.4 is 0 Å². The average molecular weight is 228 g/mol. The van der Waals surface area contributed by atoms with E-state index in [-0.39, 0.29) is 17.5 Å². The van der Waals surface area contributed by atoms with Crippen LogP contribution in [0.15, 0.2) is 42.0 Å². The highest BCUT2D eigenvalue weighted by atomic mass is 16.1. The Bertz CT molecular complexity index is 457. The van der Waals surface area contributed by atoms with Crippen LogP contribution in [0.25, 0.3) is 0 Å². The van der Waals surface area contributed by atoms with Gasteiger partial charge in [0, 0.05) is 12.0 Å². The molecule has 2 heteroatoms. The van der Waals surface area contributed by atoms with Crippen molar-refractivity contribution in [3.05, 3.63) is 47.5 Å². The highest BCUT2D eigenvalue weighted by Crippen LogP contribution is 2.30. The maximum Gasteiger partial charge on any atom is 0.163 e. The molecule has 2 nitrogen and oxygen atoms in total. The molecule has 17 heavy (non-hydrogen) atoms. The first-order valence-electron chi connectivity index (χ1n) is 5.97. The molecule has 0 saturated heterocycles. The fraction of sp³-hybridized carbons (Fsp3) is 0.333. The lowest BCUT2D eigenvalue weighted by molar-refractivity contribution is -0.114. The number of ketones is 2. The molecule has 0 heterocycles. The minimum atomic E-state index is 0.105. The molecule has 1 aliphatic carbocycles. The van der Waals surface area contributed by atoms with Crippen molar-refractivity contribution >= 4 is 11.6 Å². The van der Waals surface area contributed by atoms with Gasteiger partial charge in [-0.15, -0.1) is 0 Å². The molecule has 0 radical (unpaired) electrons. The predicted octanol–water partition coefficient (Wildman–Crippen LogP) is 3.18. The summed E-state index contributed by atoms with van der Waals surface area (Å²) in [4.78, 5) is 23.4. The van der Waals surface area contributed by atoms with E-state index in [1.54, 1.807) is 6.92 Å². The molecule has 1 aliphatic rings. The lowest BCUT2D eigenvalue weighted by atomic mass is 9.91. The third-order valence-corrected chi connectivity index (χ3v) is 3.25. The summed E-state index contributed by atoms with van der Waals surface area (Å²) in [6.45, 7) is 1.58. The van der Waals surface area contributed by atoms with Crippen LogP contribution in [0.5, 0.6) is 0 Å². The highest BCUT2D eigenvalue weighted by Gasteiger charge is 2.24. The van der Waals surface area contributed by atoms with Crippen LogP contribution in [0.2, 0.25) is 0 Å². The Morgan fingerprint density at radius 2 is 1.94 bits per heavy atom. The van der Waals surface area contributed by atoms with Crippen molar-refractivity contribution < 1.29 is 9.59 Å². The number of hydrogen-bond donors (Lipinski definition) is 0. The molecule has 0 amide bonds. The molecule has 1 atom stereocenters. The fourth-order valence-electron chi connectivity index (χ4n) is 2.37. The number of carbonyl (C=O) groups is 2. The summed E-state index contributed by atoms with van der Waals surface area (Å²) in [7, 11) is 0. The first-order chi connectivity index (χ1) is 8.18. The van der Waals surface area contributed by atoms with Gasteiger partial charge in [-0.2, -0.15) is 0 Å². The second kappa shape index (κ2) is 5.09. The number of allylic oxidation sites excluding steroid dienone is 2. The number of Topliss-reactive ketones (excluding diaryl/α,β-unsaturated/α-hetero) is 2. The molecule has 0 spiro atoms. The molecule has 0 fully saturated rings. The Kier molecular flexibility index (Phi) is 3.52. The second-order valence-electron chi connectivity index (χ2n) is 4.48. The van der Waals surface area contributed by atoms with Gasteiger partial charge < -0.3 is 0 Å². The van der Waals surface area contributed by atoms with Crippen molar-refractivity contribution in [2.24, 2.45) is 5.92 Å². The number of carbonyl (C=O) groups excluding carboxylic acids is 2. The third-order valence-electron chi connectivity index (χ3n) is 3.25. The quantitative estimate of drug-likeness (QED) is 0.742. The van der Waals surface area contributed by atoms with Gasteiger partial charge in [-0.25, -0.2) is 0 Å². The lowest BCUT2D eigenvalue weighted by Gasteiger charge is -2.11. The number of rotatable bonds is 4. The smallest absolute Gasteiger partial charge is 0.163 e. The van der Waals surface area contributed by atoms with Crippen LogP contribution in [0.1, 0.15) is 36.5 Å². The summed E-state index contributed by atoms with van der Waals surface area (Å²) in [5, 5.41) is 0. The zero-order valence-electron chi connectivity index (χ0n) is 9.98. The van der Waals surface area contributed by atoms with Crippen LogP contribution in [-0.4, -0.2) is 11.6 Å². The molecule has 0 aliphatic heterocycles. The van der Waals surface area contributed by atoms with Gasteiger partial charge in [0.15, 0.2) is 11.6 Å². The van der Waals surface area contributed by atoms with E-state index in [0.29, 0.717) is 6.42 Å². The topological polar surface area (TPSA) is 34.1 Å². The van der Waals surface area contributed by atoms with E-state index in [1.165, 1.54) is 0 Å². The summed E-state index contributed by atoms with van der Waals surface area (Å²) in [5.41, 5.74) is 1.58. The summed E-state index contributed by atoms with van der Waals surface area (Å²) < 4.78 is 0. The first kappa shape index (κ1) is 11.8. The molecule has 0 N–H and O–H groups in total. The molecule has 0 bridgehead atoms. The summed E-state index contributed by atoms with van der Waals surface area (Å²) in [5.74, 6) is 0.359. The van der Waals surface area contributed by atoms with Gasteiger partial charge in [0.05, 0.1) is 0 Å². The molecular weight excluding hydrogens is 212 g/mol. The van der Waals surface area contributed by atoms with Crippen molar-refractivity contribution in [3.8, 4) is 0 Å². The van der Waals surface area contributed by atoms with Crippen LogP contribution >= 0.6 is 0 Å². The van der Waals surface area contributed by atoms with E-state index in [1.807, 2.05) is 36.4 Å². The van der Waals surface area contributed by atoms with E-state index in [0.717, 1.165) is 24.0 Å². The van der Waals surface area contributed by atoms with Gasteiger partial charge >= 0.3 is 0 Å². The van der Waals surface area contributed by atoms with Crippen LogP contribution in [0.4, 0.5) is 0 Å². The van der Waals surface area contributed by atoms with Crippen LogP contribution in [0, 0.1) is 5.92 Å². The summed E-state index contributed by atoms with van der Waals surface area (Å²) >= 11 is 0. The van der Waals surface area contributed by atoms with Gasteiger partial charge in [0.25, 0.3) is 0 Å². The molecule has 2 rings (SSSR count). The van der Waals surface area contributed by atoms with Crippen LogP contribution in [0.3, 0.4) is 0 Å². The lowest BCUT2D eigenvalue weighted by Crippen LogP contribution is -2.12. The maximum absolute atomic E-state index is 12.0. The van der Waals surface area contributed by atoms with E-state index in [9.17, 15) is 9.59 Å². The number of hydrogen-bond acceptors (Lipinski definition) is 2. The zero-order chi connectivity index (χ0) is 12.3. The van der Waals surface area contributed by atoms with E-state index < -0.39 is 0 Å². The molecular formula is C15H16O2. The number of benzene rings is 1. The summed E-state index contributed by atoms with van der Waals surface area (Å²) in [6.07, 6.45) is 4.27. The molecule has 88 valence electrons. The SMILES string of the molecule is CC(=O)C1=CCCC1CC(=O)c1ccccc1. The largest absolute Gasteiger partial charge is 0.295 e. The Labute approximate surface area is 101 Å². The zero-order valence-corrected chi connectivity index (χ0v) is 9.98. The third kappa shape index (κ3) is 2.70. The molecule has 1 aromatic rings. The van der Waals surface area contributed by atoms with Gasteiger partial charge in [0.1, 0.15) is 0 Å². The van der Waals surface area contributed by atoms with Gasteiger partial charge in [-0.3, -0.25) is 9.59 Å². The standard InChI is InChI=1S/C15H16O2/c1-11(16)14-9-5-8-13(14)10-15(17)12-6-3-2-4-7-12/h2-4,6-7,9,13H,5,8,10H2,1H3. The minimum absolute atomic E-state index is 0.105. The second-order valence-corrected chi connectivity index (χ2v) is 4.48. The van der Waals surface area contributed by atoms with Gasteiger partial charge in [-0.05, 0) is 31.3 Å². The maximum atomic E-state index is 12.0. The summed E-state index contributed by atoms with van der Waals surface area (Å²) in [6, 6.07) is 9.28. The molecule has 1 unspecified atom stereocenters. The van der Waals surface area contributed by atoms with Gasteiger partial charge in [0.2, 0.25) is 0 Å². The van der Waals surface area contributed by atoms with E-state index >= 15 is 0 Å².